The van der Waals surface area contributed by atoms with Gasteiger partial charge in [0.15, 0.2) is 0 Å². The first-order valence-corrected chi connectivity index (χ1v) is 3.91. The van der Waals surface area contributed by atoms with Gasteiger partial charge in [0.05, 0.1) is 5.57 Å². The second-order valence-corrected chi connectivity index (χ2v) is 2.87. The van der Waals surface area contributed by atoms with Crippen molar-refractivity contribution in [2.24, 2.45) is 0 Å². The van der Waals surface area contributed by atoms with Crippen LogP contribution >= 0.6 is 0 Å². The monoisotopic (exact) mass is 166 g/mol. The van der Waals surface area contributed by atoms with Crippen LogP contribution < -0.4 is 5.32 Å². The second kappa shape index (κ2) is 2.55. The standard InChI is InChI=1S/C8H10N2O2/c11-8(12)6-1-3-10-4-2-9-7(10)5-6/h1,5,9H,2-4H2,(H,11,12). The number of carbonyl (C=O) groups is 1. The maximum absolute atomic E-state index is 10.6. The van der Waals surface area contributed by atoms with Gasteiger partial charge >= 0.3 is 5.97 Å². The van der Waals surface area contributed by atoms with Gasteiger partial charge in [-0.3, -0.25) is 0 Å². The molecule has 1 saturated heterocycles. The number of fused-ring (bicyclic) bond motifs is 1. The summed E-state index contributed by atoms with van der Waals surface area (Å²) in [5, 5.41) is 11.8. The number of nitrogens with zero attached hydrogens (tertiary/aromatic N) is 1. The number of carboxylic acid groups (broad SMARTS) is 1. The van der Waals surface area contributed by atoms with E-state index in [9.17, 15) is 4.79 Å². The molecule has 12 heavy (non-hydrogen) atoms. The lowest BCUT2D eigenvalue weighted by Crippen LogP contribution is -2.24. The van der Waals surface area contributed by atoms with Crippen molar-refractivity contribution in [2.75, 3.05) is 19.6 Å². The van der Waals surface area contributed by atoms with E-state index in [2.05, 4.69) is 10.2 Å². The maximum Gasteiger partial charge on any atom is 0.335 e. The molecule has 0 amide bonds. The van der Waals surface area contributed by atoms with E-state index in [1.54, 1.807) is 12.2 Å². The van der Waals surface area contributed by atoms with E-state index in [0.717, 1.165) is 18.9 Å². The number of rotatable bonds is 1. The van der Waals surface area contributed by atoms with Crippen LogP contribution in [0.25, 0.3) is 0 Å². The van der Waals surface area contributed by atoms with E-state index >= 15 is 0 Å². The number of aliphatic carboxylic acids is 1. The van der Waals surface area contributed by atoms with Crippen molar-refractivity contribution in [1.29, 1.82) is 0 Å². The molecule has 2 aliphatic heterocycles. The molecule has 0 aromatic rings. The molecule has 0 unspecified atom stereocenters. The molecule has 64 valence electrons. The molecule has 0 radical (unpaired) electrons. The number of nitrogens with one attached hydrogen (secondary N) is 1. The van der Waals surface area contributed by atoms with Crippen LogP contribution in [0.5, 0.6) is 0 Å². The minimum absolute atomic E-state index is 0.385. The van der Waals surface area contributed by atoms with Crippen molar-refractivity contribution < 1.29 is 9.90 Å². The van der Waals surface area contributed by atoms with Crippen molar-refractivity contribution in [2.45, 2.75) is 0 Å². The highest BCUT2D eigenvalue weighted by Gasteiger charge is 2.20. The summed E-state index contributed by atoms with van der Waals surface area (Å²) in [6.45, 7) is 2.59. The normalized spacial score (nSPS) is 20.8. The van der Waals surface area contributed by atoms with Gasteiger partial charge in [0, 0.05) is 19.6 Å². The molecule has 4 heteroatoms. The average molecular weight is 166 g/mol. The summed E-state index contributed by atoms with van der Waals surface area (Å²) in [7, 11) is 0. The van der Waals surface area contributed by atoms with Crippen molar-refractivity contribution in [3.05, 3.63) is 23.5 Å². The summed E-state index contributed by atoms with van der Waals surface area (Å²) in [4.78, 5) is 12.7. The van der Waals surface area contributed by atoms with E-state index in [-0.39, 0.29) is 0 Å². The van der Waals surface area contributed by atoms with Gasteiger partial charge < -0.3 is 15.3 Å². The second-order valence-electron chi connectivity index (χ2n) is 2.87. The highest BCUT2D eigenvalue weighted by Crippen LogP contribution is 2.15. The molecule has 2 aliphatic rings. The van der Waals surface area contributed by atoms with Gasteiger partial charge in [0.25, 0.3) is 0 Å². The summed E-state index contributed by atoms with van der Waals surface area (Å²) in [5.74, 6) is 0.0887. The van der Waals surface area contributed by atoms with E-state index in [1.807, 2.05) is 0 Å². The first-order chi connectivity index (χ1) is 5.77. The van der Waals surface area contributed by atoms with E-state index in [1.165, 1.54) is 0 Å². The van der Waals surface area contributed by atoms with Gasteiger partial charge in [0.1, 0.15) is 5.82 Å². The minimum Gasteiger partial charge on any atom is -0.478 e. The molecule has 0 aromatic carbocycles. The van der Waals surface area contributed by atoms with Crippen LogP contribution in [0.3, 0.4) is 0 Å². The first kappa shape index (κ1) is 7.21. The highest BCUT2D eigenvalue weighted by atomic mass is 16.4. The van der Waals surface area contributed by atoms with Gasteiger partial charge in [-0.15, -0.1) is 0 Å². The molecular formula is C8H10N2O2. The Kier molecular flexibility index (Phi) is 1.53. The topological polar surface area (TPSA) is 52.6 Å². The van der Waals surface area contributed by atoms with E-state index in [0.29, 0.717) is 12.1 Å². The van der Waals surface area contributed by atoms with Crippen LogP contribution in [0.1, 0.15) is 0 Å². The van der Waals surface area contributed by atoms with Crippen LogP contribution in [-0.2, 0) is 4.79 Å². The summed E-state index contributed by atoms with van der Waals surface area (Å²) in [5.41, 5.74) is 0.385. The maximum atomic E-state index is 10.6. The van der Waals surface area contributed by atoms with Crippen LogP contribution in [0.2, 0.25) is 0 Å². The Morgan fingerprint density at radius 1 is 1.67 bits per heavy atom. The summed E-state index contributed by atoms with van der Waals surface area (Å²) in [6, 6.07) is 0. The van der Waals surface area contributed by atoms with Crippen LogP contribution in [-0.4, -0.2) is 35.6 Å². The third-order valence-electron chi connectivity index (χ3n) is 2.10. The Hall–Kier alpha value is -1.45. The number of hydrogen-bond donors (Lipinski definition) is 2. The molecule has 2 N–H and O–H groups in total. The molecule has 0 saturated carbocycles. The van der Waals surface area contributed by atoms with Gasteiger partial charge in [-0.2, -0.15) is 0 Å². The Labute approximate surface area is 70.2 Å². The Bertz CT molecular complexity index is 281. The minimum atomic E-state index is -0.851. The average Bonchev–Trinajstić information content (AvgIpc) is 2.49. The zero-order chi connectivity index (χ0) is 8.55. The third kappa shape index (κ3) is 1.05. The lowest BCUT2D eigenvalue weighted by atomic mass is 10.2. The molecule has 0 aliphatic carbocycles. The van der Waals surface area contributed by atoms with Crippen molar-refractivity contribution in [3.63, 3.8) is 0 Å². The largest absolute Gasteiger partial charge is 0.478 e. The molecular weight excluding hydrogens is 156 g/mol. The fourth-order valence-electron chi connectivity index (χ4n) is 1.45. The summed E-state index contributed by atoms with van der Waals surface area (Å²) >= 11 is 0. The molecule has 4 nitrogen and oxygen atoms in total. The molecule has 0 aromatic heterocycles. The Morgan fingerprint density at radius 2 is 2.50 bits per heavy atom. The highest BCUT2D eigenvalue weighted by molar-refractivity contribution is 5.90. The van der Waals surface area contributed by atoms with Crippen LogP contribution in [0.4, 0.5) is 0 Å². The zero-order valence-electron chi connectivity index (χ0n) is 6.58. The third-order valence-corrected chi connectivity index (χ3v) is 2.10. The smallest absolute Gasteiger partial charge is 0.335 e. The molecule has 0 bridgehead atoms. The molecule has 2 rings (SSSR count). The number of carboxylic acids is 1. The predicted molar refractivity (Wildman–Crippen MR) is 43.4 cm³/mol. The number of hydrogen-bond acceptors (Lipinski definition) is 3. The Morgan fingerprint density at radius 3 is 3.25 bits per heavy atom. The van der Waals surface area contributed by atoms with Crippen molar-refractivity contribution >= 4 is 5.97 Å². The van der Waals surface area contributed by atoms with Gasteiger partial charge in [-0.05, 0) is 6.08 Å². The lowest BCUT2D eigenvalue weighted by molar-refractivity contribution is -0.132. The Balaban J connectivity index is 2.22. The molecule has 0 spiro atoms. The fraction of sp³-hybridized carbons (Fsp3) is 0.375. The van der Waals surface area contributed by atoms with Gasteiger partial charge in [0.2, 0.25) is 0 Å². The predicted octanol–water partition coefficient (Wildman–Crippen LogP) is -0.242. The quantitative estimate of drug-likeness (QED) is 0.564. The first-order valence-electron chi connectivity index (χ1n) is 3.91. The molecule has 0 atom stereocenters. The molecule has 1 fully saturated rings. The van der Waals surface area contributed by atoms with Crippen molar-refractivity contribution in [3.8, 4) is 0 Å². The van der Waals surface area contributed by atoms with Crippen LogP contribution in [0.15, 0.2) is 23.5 Å². The summed E-state index contributed by atoms with van der Waals surface area (Å²) in [6.07, 6.45) is 3.41. The van der Waals surface area contributed by atoms with E-state index in [4.69, 9.17) is 5.11 Å². The lowest BCUT2D eigenvalue weighted by Gasteiger charge is -2.20. The SMILES string of the molecule is O=C(O)C1=CCN2CCNC2=C1. The molecule has 2 heterocycles. The van der Waals surface area contributed by atoms with E-state index < -0.39 is 5.97 Å². The summed E-state index contributed by atoms with van der Waals surface area (Å²) < 4.78 is 0. The fourth-order valence-corrected chi connectivity index (χ4v) is 1.45. The zero-order valence-corrected chi connectivity index (χ0v) is 6.58. The van der Waals surface area contributed by atoms with Crippen LogP contribution in [0, 0.1) is 0 Å². The van der Waals surface area contributed by atoms with Crippen molar-refractivity contribution in [1.82, 2.24) is 10.2 Å². The van der Waals surface area contributed by atoms with Gasteiger partial charge in [-0.1, -0.05) is 6.08 Å². The van der Waals surface area contributed by atoms with Gasteiger partial charge in [-0.25, -0.2) is 4.79 Å².